The molecule has 2 aliphatic rings. The van der Waals surface area contributed by atoms with E-state index < -0.39 is 0 Å². The van der Waals surface area contributed by atoms with Crippen LogP contribution in [0.3, 0.4) is 0 Å². The minimum Gasteiger partial charge on any atom is -0.481 e. The number of hydrogen-bond donors (Lipinski definition) is 0. The Balaban J connectivity index is 1.79. The van der Waals surface area contributed by atoms with Gasteiger partial charge < -0.3 is 14.4 Å². The van der Waals surface area contributed by atoms with Gasteiger partial charge in [0.15, 0.2) is 0 Å². The first-order valence-electron chi connectivity index (χ1n) is 8.75. The number of rotatable bonds is 4. The van der Waals surface area contributed by atoms with Crippen molar-refractivity contribution in [3.8, 4) is 5.88 Å². The van der Waals surface area contributed by atoms with Gasteiger partial charge in [-0.2, -0.15) is 5.10 Å². The van der Waals surface area contributed by atoms with Gasteiger partial charge in [0.1, 0.15) is 5.56 Å². The van der Waals surface area contributed by atoms with E-state index in [2.05, 4.69) is 16.9 Å². The predicted octanol–water partition coefficient (Wildman–Crippen LogP) is 0.920. The van der Waals surface area contributed by atoms with Crippen molar-refractivity contribution in [1.29, 1.82) is 0 Å². The number of carbonyl (C=O) groups is 1. The quantitative estimate of drug-likeness (QED) is 0.818. The maximum atomic E-state index is 13.1. The molecule has 0 spiro atoms. The summed E-state index contributed by atoms with van der Waals surface area (Å²) in [6.45, 7) is 9.14. The van der Waals surface area contributed by atoms with Crippen molar-refractivity contribution in [2.45, 2.75) is 26.3 Å². The average Bonchev–Trinajstić information content (AvgIpc) is 3.15. The molecule has 1 amide bonds. The first kappa shape index (κ1) is 17.2. The largest absolute Gasteiger partial charge is 0.481 e. The van der Waals surface area contributed by atoms with Crippen molar-refractivity contribution >= 4 is 5.91 Å². The molecule has 0 bridgehead atoms. The molecular weight excluding hydrogens is 308 g/mol. The third-order valence-electron chi connectivity index (χ3n) is 5.31. The van der Waals surface area contributed by atoms with Crippen LogP contribution >= 0.6 is 0 Å². The topological polar surface area (TPSA) is 59.8 Å². The fourth-order valence-corrected chi connectivity index (χ4v) is 4.02. The second-order valence-electron chi connectivity index (χ2n) is 6.69. The molecule has 0 radical (unpaired) electrons. The van der Waals surface area contributed by atoms with Crippen LogP contribution in [0.15, 0.2) is 0 Å². The van der Waals surface area contributed by atoms with Crippen LogP contribution in [0.5, 0.6) is 5.88 Å². The Morgan fingerprint density at radius 1 is 1.33 bits per heavy atom. The van der Waals surface area contributed by atoms with Gasteiger partial charge in [0.2, 0.25) is 5.88 Å². The van der Waals surface area contributed by atoms with E-state index in [1.807, 2.05) is 11.8 Å². The number of hydrogen-bond acceptors (Lipinski definition) is 5. The van der Waals surface area contributed by atoms with E-state index in [4.69, 9.17) is 9.47 Å². The van der Waals surface area contributed by atoms with Crippen LogP contribution in [0.2, 0.25) is 0 Å². The predicted molar refractivity (Wildman–Crippen MR) is 90.4 cm³/mol. The van der Waals surface area contributed by atoms with Crippen molar-refractivity contribution in [3.63, 3.8) is 0 Å². The van der Waals surface area contributed by atoms with Crippen molar-refractivity contribution < 1.29 is 14.3 Å². The number of carbonyl (C=O) groups excluding carboxylic acids is 1. The molecule has 3 heterocycles. The SMILES string of the molecule is CC[C@@H]1CN(C(=O)c2c(C)nn(C)c2OC)C[C@@H]1N1CCOCC1. The molecule has 1 aromatic heterocycles. The summed E-state index contributed by atoms with van der Waals surface area (Å²) in [5.41, 5.74) is 1.32. The summed E-state index contributed by atoms with van der Waals surface area (Å²) in [5.74, 6) is 1.09. The van der Waals surface area contributed by atoms with E-state index in [-0.39, 0.29) is 5.91 Å². The molecule has 2 fully saturated rings. The van der Waals surface area contributed by atoms with Crippen LogP contribution in [0.1, 0.15) is 29.4 Å². The lowest BCUT2D eigenvalue weighted by Crippen LogP contribution is -2.47. The van der Waals surface area contributed by atoms with Gasteiger partial charge in [0, 0.05) is 39.3 Å². The Morgan fingerprint density at radius 3 is 2.67 bits per heavy atom. The molecule has 0 saturated carbocycles. The summed E-state index contributed by atoms with van der Waals surface area (Å²) in [6, 6.07) is 0.422. The zero-order valence-electron chi connectivity index (χ0n) is 15.1. The molecule has 3 rings (SSSR count). The Morgan fingerprint density at radius 2 is 2.04 bits per heavy atom. The number of amides is 1. The molecule has 2 aliphatic heterocycles. The normalized spacial score (nSPS) is 25.2. The summed E-state index contributed by atoms with van der Waals surface area (Å²) >= 11 is 0. The number of nitrogens with zero attached hydrogens (tertiary/aromatic N) is 4. The Kier molecular flexibility index (Phi) is 5.10. The highest BCUT2D eigenvalue weighted by molar-refractivity contribution is 5.97. The van der Waals surface area contributed by atoms with E-state index in [9.17, 15) is 4.79 Å². The summed E-state index contributed by atoms with van der Waals surface area (Å²) in [4.78, 5) is 17.6. The standard InChI is InChI=1S/C17H28N4O3/c1-5-13-10-21(11-14(13)20-6-8-24-9-7-20)16(22)15-12(2)18-19(3)17(15)23-4/h13-14H,5-11H2,1-4H3/t13-,14+/m1/s1. The highest BCUT2D eigenvalue weighted by Crippen LogP contribution is 2.29. The van der Waals surface area contributed by atoms with Gasteiger partial charge in [0.25, 0.3) is 5.91 Å². The van der Waals surface area contributed by atoms with E-state index in [1.54, 1.807) is 18.8 Å². The van der Waals surface area contributed by atoms with Crippen LogP contribution in [0.4, 0.5) is 0 Å². The lowest BCUT2D eigenvalue weighted by Gasteiger charge is -2.34. The van der Waals surface area contributed by atoms with Gasteiger partial charge >= 0.3 is 0 Å². The smallest absolute Gasteiger partial charge is 0.261 e. The highest BCUT2D eigenvalue weighted by atomic mass is 16.5. The van der Waals surface area contributed by atoms with Crippen molar-refractivity contribution in [2.24, 2.45) is 13.0 Å². The third-order valence-corrected chi connectivity index (χ3v) is 5.31. The van der Waals surface area contributed by atoms with Gasteiger partial charge in [-0.05, 0) is 12.8 Å². The Bertz CT molecular complexity index is 595. The van der Waals surface area contributed by atoms with Crippen LogP contribution in [0.25, 0.3) is 0 Å². The van der Waals surface area contributed by atoms with Crippen molar-refractivity contribution in [2.75, 3.05) is 46.5 Å². The average molecular weight is 336 g/mol. The first-order valence-corrected chi connectivity index (χ1v) is 8.75. The van der Waals surface area contributed by atoms with Crippen molar-refractivity contribution in [1.82, 2.24) is 19.6 Å². The maximum Gasteiger partial charge on any atom is 0.261 e. The molecule has 7 nitrogen and oxygen atoms in total. The van der Waals surface area contributed by atoms with Crippen LogP contribution in [-0.4, -0.2) is 78.0 Å². The molecule has 134 valence electrons. The molecule has 2 saturated heterocycles. The molecule has 1 aromatic rings. The van der Waals surface area contributed by atoms with Gasteiger partial charge in [-0.15, -0.1) is 0 Å². The number of ether oxygens (including phenoxy) is 2. The first-order chi connectivity index (χ1) is 11.6. The molecule has 2 atom stereocenters. The van der Waals surface area contributed by atoms with Crippen LogP contribution in [-0.2, 0) is 11.8 Å². The molecule has 0 N–H and O–H groups in total. The molecule has 24 heavy (non-hydrogen) atoms. The minimum absolute atomic E-state index is 0.0339. The van der Waals surface area contributed by atoms with Gasteiger partial charge in [-0.1, -0.05) is 13.3 Å². The monoisotopic (exact) mass is 336 g/mol. The lowest BCUT2D eigenvalue weighted by molar-refractivity contribution is 0.0102. The lowest BCUT2D eigenvalue weighted by atomic mass is 9.99. The fourth-order valence-electron chi connectivity index (χ4n) is 4.02. The van der Waals surface area contributed by atoms with Gasteiger partial charge in [-0.25, -0.2) is 4.68 Å². The molecule has 0 unspecified atom stereocenters. The Hall–Kier alpha value is -1.60. The number of methoxy groups -OCH3 is 1. The number of aromatic nitrogens is 2. The van der Waals surface area contributed by atoms with Crippen molar-refractivity contribution in [3.05, 3.63) is 11.3 Å². The molecular formula is C17H28N4O3. The summed E-state index contributed by atoms with van der Waals surface area (Å²) in [6.07, 6.45) is 1.08. The molecule has 0 aliphatic carbocycles. The molecule has 0 aromatic carbocycles. The third kappa shape index (κ3) is 3.02. The summed E-state index contributed by atoms with van der Waals surface area (Å²) < 4.78 is 12.5. The number of likely N-dealkylation sites (tertiary alicyclic amines) is 1. The van der Waals surface area contributed by atoms with Crippen LogP contribution < -0.4 is 4.74 Å². The highest BCUT2D eigenvalue weighted by Gasteiger charge is 2.39. The van der Waals surface area contributed by atoms with Gasteiger partial charge in [0.05, 0.1) is 26.0 Å². The van der Waals surface area contributed by atoms with E-state index in [0.29, 0.717) is 23.4 Å². The van der Waals surface area contributed by atoms with E-state index >= 15 is 0 Å². The fraction of sp³-hybridized carbons (Fsp3) is 0.765. The maximum absolute atomic E-state index is 13.1. The summed E-state index contributed by atoms with van der Waals surface area (Å²) in [5, 5.41) is 4.34. The zero-order chi connectivity index (χ0) is 17.3. The van der Waals surface area contributed by atoms with E-state index in [0.717, 1.165) is 51.5 Å². The Labute approximate surface area is 143 Å². The second kappa shape index (κ2) is 7.11. The second-order valence-corrected chi connectivity index (χ2v) is 6.69. The number of aryl methyl sites for hydroxylation is 2. The summed E-state index contributed by atoms with van der Waals surface area (Å²) in [7, 11) is 3.39. The minimum atomic E-state index is 0.0339. The van der Waals surface area contributed by atoms with Gasteiger partial charge in [-0.3, -0.25) is 9.69 Å². The number of morpholine rings is 1. The van der Waals surface area contributed by atoms with Crippen LogP contribution in [0, 0.1) is 12.8 Å². The van der Waals surface area contributed by atoms with E-state index in [1.165, 1.54) is 0 Å². The zero-order valence-corrected chi connectivity index (χ0v) is 15.1. The molecule has 7 heteroatoms.